The van der Waals surface area contributed by atoms with E-state index >= 15 is 0 Å². The van der Waals surface area contributed by atoms with Gasteiger partial charge in [0.15, 0.2) is 5.78 Å². The Morgan fingerprint density at radius 3 is 2.43 bits per heavy atom. The Morgan fingerprint density at radius 1 is 1.00 bits per heavy atom. The number of pyridine rings is 1. The van der Waals surface area contributed by atoms with Crippen molar-refractivity contribution in [2.75, 3.05) is 5.32 Å². The molecule has 1 aromatic heterocycles. The fourth-order valence-electron chi connectivity index (χ4n) is 3.50. The minimum absolute atomic E-state index is 0.00789. The Kier molecular flexibility index (Phi) is 4.53. The first-order chi connectivity index (χ1) is 13.5. The van der Waals surface area contributed by atoms with Crippen LogP contribution in [0.2, 0.25) is 0 Å². The van der Waals surface area contributed by atoms with Gasteiger partial charge in [0.05, 0.1) is 0 Å². The molecule has 1 atom stereocenters. The van der Waals surface area contributed by atoms with Gasteiger partial charge in [0.1, 0.15) is 11.3 Å². The summed E-state index contributed by atoms with van der Waals surface area (Å²) in [4.78, 5) is 40.3. The molecule has 0 radical (unpaired) electrons. The van der Waals surface area contributed by atoms with E-state index in [1.54, 1.807) is 0 Å². The van der Waals surface area contributed by atoms with Crippen LogP contribution in [-0.4, -0.2) is 21.8 Å². The standard InChI is InChI=1S/C22H18N2O4/c25-16-8-6-15(7-9-16)23-21(27)18-12-17-19(24-22(18)28)10-14(11-20(17)26)13-4-2-1-3-5-13/h1-9,12,14,25H,10-11H2,(H,23,27)(H,24,28)/t14-/m0/s1. The number of anilines is 1. The Labute approximate surface area is 160 Å². The van der Waals surface area contributed by atoms with Crippen LogP contribution in [0.3, 0.4) is 0 Å². The summed E-state index contributed by atoms with van der Waals surface area (Å²) in [6.07, 6.45) is 0.877. The van der Waals surface area contributed by atoms with E-state index in [1.165, 1.54) is 30.3 Å². The van der Waals surface area contributed by atoms with Crippen LogP contribution in [-0.2, 0) is 6.42 Å². The van der Waals surface area contributed by atoms with Crippen LogP contribution in [0.4, 0.5) is 5.69 Å². The second kappa shape index (κ2) is 7.15. The fourth-order valence-corrected chi connectivity index (χ4v) is 3.50. The van der Waals surface area contributed by atoms with Gasteiger partial charge in [0.25, 0.3) is 11.5 Å². The van der Waals surface area contributed by atoms with Gasteiger partial charge >= 0.3 is 0 Å². The molecule has 2 aromatic carbocycles. The number of carbonyl (C=O) groups excluding carboxylic acids is 2. The Hall–Kier alpha value is -3.67. The third-order valence-electron chi connectivity index (χ3n) is 4.95. The van der Waals surface area contributed by atoms with Crippen molar-refractivity contribution in [1.82, 2.24) is 4.98 Å². The summed E-state index contributed by atoms with van der Waals surface area (Å²) in [5, 5.41) is 11.9. The number of aromatic amines is 1. The zero-order valence-corrected chi connectivity index (χ0v) is 14.9. The van der Waals surface area contributed by atoms with E-state index in [0.29, 0.717) is 29.8 Å². The number of amides is 1. The van der Waals surface area contributed by atoms with Gasteiger partial charge in [-0.2, -0.15) is 0 Å². The van der Waals surface area contributed by atoms with Crippen molar-refractivity contribution in [1.29, 1.82) is 0 Å². The highest BCUT2D eigenvalue weighted by Gasteiger charge is 2.28. The van der Waals surface area contributed by atoms with E-state index in [1.807, 2.05) is 30.3 Å². The Bertz CT molecular complexity index is 1100. The molecule has 0 saturated carbocycles. The summed E-state index contributed by atoms with van der Waals surface area (Å²) in [6.45, 7) is 0. The number of fused-ring (bicyclic) bond motifs is 1. The number of Topliss-reactive ketones (excluding diaryl/α,β-unsaturated/α-hetero) is 1. The minimum Gasteiger partial charge on any atom is -0.508 e. The molecular weight excluding hydrogens is 356 g/mol. The first-order valence-electron chi connectivity index (χ1n) is 8.96. The average Bonchev–Trinajstić information content (AvgIpc) is 2.69. The van der Waals surface area contributed by atoms with Crippen LogP contribution in [0, 0.1) is 0 Å². The number of ketones is 1. The lowest BCUT2D eigenvalue weighted by Gasteiger charge is -2.24. The zero-order chi connectivity index (χ0) is 19.7. The maximum Gasteiger partial charge on any atom is 0.261 e. The topological polar surface area (TPSA) is 99.3 Å². The van der Waals surface area contributed by atoms with Crippen molar-refractivity contribution in [2.45, 2.75) is 18.8 Å². The lowest BCUT2D eigenvalue weighted by atomic mass is 9.81. The molecule has 6 nitrogen and oxygen atoms in total. The van der Waals surface area contributed by atoms with E-state index < -0.39 is 11.5 Å². The van der Waals surface area contributed by atoms with Gasteiger partial charge in [-0.05, 0) is 48.2 Å². The van der Waals surface area contributed by atoms with Crippen LogP contribution in [0.15, 0.2) is 65.5 Å². The third kappa shape index (κ3) is 3.44. The first kappa shape index (κ1) is 17.7. The zero-order valence-electron chi connectivity index (χ0n) is 14.9. The Balaban J connectivity index is 1.62. The SMILES string of the molecule is O=C1C[C@@H](c2ccccc2)Cc2[nH]c(=O)c(C(=O)Nc3ccc(O)cc3)cc21. The molecule has 0 spiro atoms. The summed E-state index contributed by atoms with van der Waals surface area (Å²) in [7, 11) is 0. The average molecular weight is 374 g/mol. The van der Waals surface area contributed by atoms with Crippen LogP contribution in [0.5, 0.6) is 5.75 Å². The third-order valence-corrected chi connectivity index (χ3v) is 4.95. The predicted molar refractivity (Wildman–Crippen MR) is 105 cm³/mol. The van der Waals surface area contributed by atoms with Crippen molar-refractivity contribution >= 4 is 17.4 Å². The smallest absolute Gasteiger partial charge is 0.261 e. The van der Waals surface area contributed by atoms with E-state index in [4.69, 9.17) is 0 Å². The Morgan fingerprint density at radius 2 is 1.71 bits per heavy atom. The molecule has 28 heavy (non-hydrogen) atoms. The summed E-state index contributed by atoms with van der Waals surface area (Å²) in [5.74, 6) is -0.616. The molecule has 6 heteroatoms. The molecule has 0 unspecified atom stereocenters. The largest absolute Gasteiger partial charge is 0.508 e. The number of hydrogen-bond acceptors (Lipinski definition) is 4. The number of rotatable bonds is 3. The van der Waals surface area contributed by atoms with Gasteiger partial charge in [-0.15, -0.1) is 0 Å². The maximum atomic E-state index is 12.7. The molecule has 1 aliphatic carbocycles. The molecule has 140 valence electrons. The van der Waals surface area contributed by atoms with Gasteiger partial charge < -0.3 is 15.4 Å². The molecule has 0 saturated heterocycles. The number of benzene rings is 2. The van der Waals surface area contributed by atoms with Gasteiger partial charge in [0.2, 0.25) is 0 Å². The molecule has 0 aliphatic heterocycles. The van der Waals surface area contributed by atoms with Crippen molar-refractivity contribution in [2.24, 2.45) is 0 Å². The first-order valence-corrected chi connectivity index (χ1v) is 8.96. The van der Waals surface area contributed by atoms with Crippen LogP contribution in [0.1, 0.15) is 44.3 Å². The van der Waals surface area contributed by atoms with E-state index in [-0.39, 0.29) is 23.0 Å². The van der Waals surface area contributed by atoms with E-state index in [0.717, 1.165) is 5.56 Å². The lowest BCUT2D eigenvalue weighted by Crippen LogP contribution is -2.29. The molecule has 3 N–H and O–H groups in total. The highest BCUT2D eigenvalue weighted by molar-refractivity contribution is 6.06. The van der Waals surface area contributed by atoms with Crippen LogP contribution < -0.4 is 10.9 Å². The second-order valence-electron chi connectivity index (χ2n) is 6.84. The number of phenols is 1. The number of hydrogen-bond donors (Lipinski definition) is 3. The van der Waals surface area contributed by atoms with E-state index in [9.17, 15) is 19.5 Å². The summed E-state index contributed by atoms with van der Waals surface area (Å²) in [6, 6.07) is 17.0. The summed E-state index contributed by atoms with van der Waals surface area (Å²) < 4.78 is 0. The lowest BCUT2D eigenvalue weighted by molar-refractivity contribution is 0.0963. The van der Waals surface area contributed by atoms with Gasteiger partial charge in [-0.1, -0.05) is 30.3 Å². The van der Waals surface area contributed by atoms with E-state index in [2.05, 4.69) is 10.3 Å². The van der Waals surface area contributed by atoms with Gasteiger partial charge in [-0.25, -0.2) is 0 Å². The van der Waals surface area contributed by atoms with Crippen molar-refractivity contribution in [3.8, 4) is 5.75 Å². The van der Waals surface area contributed by atoms with Crippen molar-refractivity contribution in [3.63, 3.8) is 0 Å². The number of H-pyrrole nitrogens is 1. The quantitative estimate of drug-likeness (QED) is 0.613. The number of aromatic hydroxyl groups is 1. The highest BCUT2D eigenvalue weighted by Crippen LogP contribution is 2.31. The number of nitrogens with one attached hydrogen (secondary N) is 2. The molecule has 1 amide bonds. The summed E-state index contributed by atoms with van der Waals surface area (Å²) in [5.41, 5.74) is 1.81. The highest BCUT2D eigenvalue weighted by atomic mass is 16.3. The second-order valence-corrected chi connectivity index (χ2v) is 6.84. The number of phenolic OH excluding ortho intramolecular Hbond substituents is 1. The normalized spacial score (nSPS) is 15.7. The fraction of sp³-hybridized carbons (Fsp3) is 0.136. The molecular formula is C22H18N2O4. The maximum absolute atomic E-state index is 12.7. The van der Waals surface area contributed by atoms with Crippen LogP contribution >= 0.6 is 0 Å². The van der Waals surface area contributed by atoms with Crippen LogP contribution in [0.25, 0.3) is 0 Å². The molecule has 3 aromatic rings. The monoisotopic (exact) mass is 374 g/mol. The summed E-state index contributed by atoms with van der Waals surface area (Å²) >= 11 is 0. The predicted octanol–water partition coefficient (Wildman–Crippen LogP) is 3.25. The molecule has 1 heterocycles. The molecule has 0 bridgehead atoms. The molecule has 0 fully saturated rings. The van der Waals surface area contributed by atoms with Gasteiger partial charge in [-0.3, -0.25) is 14.4 Å². The number of carbonyl (C=O) groups is 2. The minimum atomic E-state index is -0.604. The van der Waals surface area contributed by atoms with Gasteiger partial charge in [0, 0.05) is 23.4 Å². The molecule has 4 rings (SSSR count). The number of aromatic nitrogens is 1. The van der Waals surface area contributed by atoms with Crippen molar-refractivity contribution in [3.05, 3.63) is 93.4 Å². The van der Waals surface area contributed by atoms with Crippen molar-refractivity contribution < 1.29 is 14.7 Å². The molecule has 1 aliphatic rings.